The Kier molecular flexibility index (Phi) is 4.58. The zero-order valence-electron chi connectivity index (χ0n) is 13.2. The summed E-state index contributed by atoms with van der Waals surface area (Å²) in [5.74, 6) is 1.23. The smallest absolute Gasteiger partial charge is 0.239 e. The van der Waals surface area contributed by atoms with Crippen molar-refractivity contribution in [3.8, 4) is 5.88 Å². The summed E-state index contributed by atoms with van der Waals surface area (Å²) in [5.41, 5.74) is 6.11. The minimum absolute atomic E-state index is 0.00351. The molecular weight excluding hydrogens is 270 g/mol. The van der Waals surface area contributed by atoms with Gasteiger partial charge in [-0.15, -0.1) is 0 Å². The van der Waals surface area contributed by atoms with E-state index in [0.717, 1.165) is 5.82 Å². The highest BCUT2D eigenvalue weighted by Crippen LogP contribution is 2.28. The van der Waals surface area contributed by atoms with Crippen LogP contribution < -0.4 is 15.4 Å². The maximum atomic E-state index is 9.28. The maximum absolute atomic E-state index is 9.28. The average molecular weight is 295 g/mol. The second-order valence-corrected chi connectivity index (χ2v) is 6.42. The van der Waals surface area contributed by atoms with Crippen LogP contribution in [0.5, 0.6) is 5.88 Å². The Hall–Kier alpha value is -1.53. The normalized spacial score (nSPS) is 23.2. The van der Waals surface area contributed by atoms with Gasteiger partial charge in [-0.1, -0.05) is 0 Å². The van der Waals surface area contributed by atoms with Gasteiger partial charge in [-0.25, -0.2) is 0 Å². The quantitative estimate of drug-likeness (QED) is 0.878. The van der Waals surface area contributed by atoms with Crippen LogP contribution in [0, 0.1) is 0 Å². The van der Waals surface area contributed by atoms with Gasteiger partial charge in [-0.3, -0.25) is 0 Å². The predicted molar refractivity (Wildman–Crippen MR) is 82.7 cm³/mol. The van der Waals surface area contributed by atoms with E-state index in [1.165, 1.54) is 0 Å². The second kappa shape index (κ2) is 6.07. The van der Waals surface area contributed by atoms with Crippen LogP contribution >= 0.6 is 0 Å². The number of pyridine rings is 1. The number of morpholine rings is 1. The molecular formula is C15H25N3O3. The van der Waals surface area contributed by atoms with Gasteiger partial charge in [0.05, 0.1) is 31.0 Å². The molecule has 0 aromatic carbocycles. The summed E-state index contributed by atoms with van der Waals surface area (Å²) in [6.07, 6.45) is -0.187. The molecule has 1 aliphatic rings. The molecule has 0 bridgehead atoms. The van der Waals surface area contributed by atoms with E-state index in [1.807, 2.05) is 26.8 Å². The number of aromatic nitrogens is 1. The fourth-order valence-corrected chi connectivity index (χ4v) is 2.22. The summed E-state index contributed by atoms with van der Waals surface area (Å²) in [6.45, 7) is 9.11. The third-order valence-corrected chi connectivity index (χ3v) is 3.28. The van der Waals surface area contributed by atoms with Gasteiger partial charge in [0.25, 0.3) is 0 Å². The first-order valence-corrected chi connectivity index (χ1v) is 7.25. The first kappa shape index (κ1) is 15.9. The number of nitrogens with zero attached hydrogens (tertiary/aromatic N) is 2. The van der Waals surface area contributed by atoms with Gasteiger partial charge in [0.15, 0.2) is 0 Å². The zero-order valence-corrected chi connectivity index (χ0v) is 13.2. The molecule has 2 atom stereocenters. The first-order chi connectivity index (χ1) is 9.80. The van der Waals surface area contributed by atoms with Crippen LogP contribution in [0.25, 0.3) is 0 Å². The predicted octanol–water partition coefficient (Wildman–Crippen LogP) is 1.43. The van der Waals surface area contributed by atoms with E-state index >= 15 is 0 Å². The number of anilines is 2. The summed E-state index contributed by atoms with van der Waals surface area (Å²) in [6, 6.07) is 3.87. The molecule has 2 heterocycles. The molecule has 0 spiro atoms. The molecule has 1 fully saturated rings. The maximum Gasteiger partial charge on any atom is 0.239 e. The highest BCUT2D eigenvalue weighted by atomic mass is 16.5. The Morgan fingerprint density at radius 3 is 2.81 bits per heavy atom. The van der Waals surface area contributed by atoms with Gasteiger partial charge in [-0.05, 0) is 39.8 Å². The van der Waals surface area contributed by atoms with E-state index in [1.54, 1.807) is 6.07 Å². The Balaban J connectivity index is 2.24. The van der Waals surface area contributed by atoms with Crippen molar-refractivity contribution < 1.29 is 14.6 Å². The van der Waals surface area contributed by atoms with E-state index < -0.39 is 0 Å². The fourth-order valence-electron chi connectivity index (χ4n) is 2.22. The molecule has 0 saturated carbocycles. The summed E-state index contributed by atoms with van der Waals surface area (Å²) < 4.78 is 11.4. The van der Waals surface area contributed by atoms with Crippen LogP contribution in [0.4, 0.5) is 11.5 Å². The first-order valence-electron chi connectivity index (χ1n) is 7.25. The summed E-state index contributed by atoms with van der Waals surface area (Å²) >= 11 is 0. The van der Waals surface area contributed by atoms with Crippen LogP contribution in [0.2, 0.25) is 0 Å². The fraction of sp³-hybridized carbons (Fsp3) is 0.667. The summed E-state index contributed by atoms with van der Waals surface area (Å²) in [5, 5.41) is 9.28. The molecule has 6 heteroatoms. The molecule has 1 aromatic heterocycles. The van der Waals surface area contributed by atoms with Crippen molar-refractivity contribution in [3.05, 3.63) is 12.1 Å². The topological polar surface area (TPSA) is 80.8 Å². The van der Waals surface area contributed by atoms with Crippen LogP contribution in [0.15, 0.2) is 12.1 Å². The summed E-state index contributed by atoms with van der Waals surface area (Å²) in [4.78, 5) is 6.65. The van der Waals surface area contributed by atoms with Gasteiger partial charge in [-0.2, -0.15) is 4.98 Å². The monoisotopic (exact) mass is 295 g/mol. The lowest BCUT2D eigenvalue weighted by molar-refractivity contribution is -0.0106. The number of aliphatic hydroxyl groups excluding tert-OH is 1. The third-order valence-electron chi connectivity index (χ3n) is 3.28. The number of nitrogen functional groups attached to an aromatic ring is 1. The molecule has 0 aliphatic carbocycles. The van der Waals surface area contributed by atoms with Gasteiger partial charge >= 0.3 is 0 Å². The lowest BCUT2D eigenvalue weighted by atomic mass is 10.2. The number of hydrogen-bond acceptors (Lipinski definition) is 6. The lowest BCUT2D eigenvalue weighted by Gasteiger charge is -2.38. The molecule has 2 unspecified atom stereocenters. The van der Waals surface area contributed by atoms with E-state index in [4.69, 9.17) is 15.2 Å². The van der Waals surface area contributed by atoms with E-state index in [9.17, 15) is 5.11 Å². The van der Waals surface area contributed by atoms with Crippen LogP contribution in [0.3, 0.4) is 0 Å². The molecule has 2 rings (SSSR count). The standard InChI is InChI=1S/C15H25N3O3/c1-10-9-20-11(8-19)7-18(10)13-6-5-12(16)14(17-13)21-15(2,3)4/h5-6,10-11,19H,7-9,16H2,1-4H3. The Morgan fingerprint density at radius 2 is 2.19 bits per heavy atom. The Bertz CT molecular complexity index is 488. The number of aliphatic hydroxyl groups is 1. The van der Waals surface area contributed by atoms with E-state index in [2.05, 4.69) is 16.8 Å². The average Bonchev–Trinajstić information content (AvgIpc) is 2.40. The number of hydrogen-bond donors (Lipinski definition) is 2. The van der Waals surface area contributed by atoms with Gasteiger partial charge < -0.3 is 25.2 Å². The van der Waals surface area contributed by atoms with Crippen molar-refractivity contribution in [1.29, 1.82) is 0 Å². The number of nitrogens with two attached hydrogens (primary N) is 1. The highest BCUT2D eigenvalue weighted by molar-refractivity contribution is 5.55. The van der Waals surface area contributed by atoms with Gasteiger partial charge in [0.1, 0.15) is 11.4 Å². The molecule has 6 nitrogen and oxygen atoms in total. The number of rotatable bonds is 3. The zero-order chi connectivity index (χ0) is 15.6. The number of ether oxygens (including phenoxy) is 2. The molecule has 0 amide bonds. The van der Waals surface area contributed by atoms with E-state index in [0.29, 0.717) is 24.7 Å². The van der Waals surface area contributed by atoms with Crippen LogP contribution in [-0.4, -0.2) is 47.6 Å². The Morgan fingerprint density at radius 1 is 1.48 bits per heavy atom. The molecule has 0 radical (unpaired) electrons. The van der Waals surface area contributed by atoms with Crippen LogP contribution in [-0.2, 0) is 4.74 Å². The molecule has 1 aromatic rings. The Labute approximate surface area is 125 Å². The van der Waals surface area contributed by atoms with Crippen LogP contribution in [0.1, 0.15) is 27.7 Å². The van der Waals surface area contributed by atoms with Crippen molar-refractivity contribution in [2.45, 2.75) is 45.4 Å². The molecule has 3 N–H and O–H groups in total. The second-order valence-electron chi connectivity index (χ2n) is 6.42. The lowest BCUT2D eigenvalue weighted by Crippen LogP contribution is -2.50. The van der Waals surface area contributed by atoms with Crippen molar-refractivity contribution >= 4 is 11.5 Å². The molecule has 21 heavy (non-hydrogen) atoms. The molecule has 1 saturated heterocycles. The van der Waals surface area contributed by atoms with Crippen molar-refractivity contribution in [3.63, 3.8) is 0 Å². The minimum atomic E-state index is -0.357. The van der Waals surface area contributed by atoms with Gasteiger partial charge in [0.2, 0.25) is 5.88 Å². The van der Waals surface area contributed by atoms with E-state index in [-0.39, 0.29) is 24.4 Å². The molecule has 1 aliphatic heterocycles. The minimum Gasteiger partial charge on any atom is -0.470 e. The third kappa shape index (κ3) is 3.98. The largest absolute Gasteiger partial charge is 0.470 e. The SMILES string of the molecule is CC1COC(CO)CN1c1ccc(N)c(OC(C)(C)C)n1. The van der Waals surface area contributed by atoms with Crippen molar-refractivity contribution in [2.75, 3.05) is 30.4 Å². The van der Waals surface area contributed by atoms with Crippen molar-refractivity contribution in [1.82, 2.24) is 4.98 Å². The van der Waals surface area contributed by atoms with Gasteiger partial charge in [0, 0.05) is 6.54 Å². The summed E-state index contributed by atoms with van der Waals surface area (Å²) in [7, 11) is 0. The molecule has 118 valence electrons. The highest BCUT2D eigenvalue weighted by Gasteiger charge is 2.27. The van der Waals surface area contributed by atoms with Crippen molar-refractivity contribution in [2.24, 2.45) is 0 Å².